The van der Waals surface area contributed by atoms with Crippen LogP contribution in [0.25, 0.3) is 0 Å². The molecule has 0 saturated carbocycles. The molecule has 1 aromatic rings. The van der Waals surface area contributed by atoms with Gasteiger partial charge in [-0.1, -0.05) is 13.3 Å². The van der Waals surface area contributed by atoms with Crippen molar-refractivity contribution in [3.8, 4) is 0 Å². The van der Waals surface area contributed by atoms with Crippen LogP contribution in [0.3, 0.4) is 0 Å². The van der Waals surface area contributed by atoms with Gasteiger partial charge in [0.2, 0.25) is 5.13 Å². The maximum atomic E-state index is 4.96. The van der Waals surface area contributed by atoms with Crippen LogP contribution in [0.5, 0.6) is 0 Å². The maximum absolute atomic E-state index is 4.96. The first-order valence-corrected chi connectivity index (χ1v) is 5.69. The molecule has 0 unspecified atom stereocenters. The normalized spacial score (nSPS) is 10.4. The van der Waals surface area contributed by atoms with Crippen molar-refractivity contribution in [1.29, 1.82) is 0 Å². The topological polar surface area (TPSA) is 47.0 Å². The average Bonchev–Trinajstić information content (AvgIpc) is 2.63. The number of hydrogen-bond acceptors (Lipinski definition) is 5. The summed E-state index contributed by atoms with van der Waals surface area (Å²) in [7, 11) is 1.69. The van der Waals surface area contributed by atoms with E-state index in [0.29, 0.717) is 6.61 Å². The summed E-state index contributed by atoms with van der Waals surface area (Å²) in [6.45, 7) is 3.84. The second kappa shape index (κ2) is 6.73. The zero-order valence-corrected chi connectivity index (χ0v) is 9.56. The van der Waals surface area contributed by atoms with E-state index in [0.717, 1.165) is 23.9 Å². The van der Waals surface area contributed by atoms with E-state index in [4.69, 9.17) is 4.74 Å². The van der Waals surface area contributed by atoms with Crippen LogP contribution in [0.2, 0.25) is 0 Å². The summed E-state index contributed by atoms with van der Waals surface area (Å²) in [6, 6.07) is 0. The van der Waals surface area contributed by atoms with E-state index in [-0.39, 0.29) is 0 Å². The molecule has 0 spiro atoms. The number of nitrogens with one attached hydrogen (secondary N) is 1. The van der Waals surface area contributed by atoms with Gasteiger partial charge in [-0.3, -0.25) is 0 Å². The second-order valence-corrected chi connectivity index (χ2v) is 3.79. The molecule has 0 radical (unpaired) electrons. The first-order chi connectivity index (χ1) is 6.86. The summed E-state index contributed by atoms with van der Waals surface area (Å²) < 4.78 is 9.18. The summed E-state index contributed by atoms with van der Waals surface area (Å²) in [4.78, 5) is 4.34. The molecule has 1 N–H and O–H groups in total. The van der Waals surface area contributed by atoms with E-state index >= 15 is 0 Å². The molecule has 5 heteroatoms. The van der Waals surface area contributed by atoms with Gasteiger partial charge in [0, 0.05) is 31.6 Å². The van der Waals surface area contributed by atoms with Gasteiger partial charge in [-0.05, 0) is 6.42 Å². The summed E-state index contributed by atoms with van der Waals surface area (Å²) in [5.74, 6) is 0.871. The lowest BCUT2D eigenvalue weighted by molar-refractivity contribution is 0.201. The number of aromatic nitrogens is 2. The largest absolute Gasteiger partial charge is 0.384 e. The lowest BCUT2D eigenvalue weighted by atomic mass is 10.3. The maximum Gasteiger partial charge on any atom is 0.202 e. The molecule has 0 atom stereocenters. The smallest absolute Gasteiger partial charge is 0.202 e. The number of nitrogens with zero attached hydrogens (tertiary/aromatic N) is 2. The Morgan fingerprint density at radius 2 is 2.36 bits per heavy atom. The Bertz CT molecular complexity index is 252. The molecule has 1 heterocycles. The minimum atomic E-state index is 0.686. The Morgan fingerprint density at radius 1 is 1.50 bits per heavy atom. The van der Waals surface area contributed by atoms with Crippen LogP contribution in [0, 0.1) is 0 Å². The van der Waals surface area contributed by atoms with Gasteiger partial charge in [-0.15, -0.1) is 0 Å². The first kappa shape index (κ1) is 11.4. The second-order valence-electron chi connectivity index (χ2n) is 3.04. The quantitative estimate of drug-likeness (QED) is 0.706. The highest BCUT2D eigenvalue weighted by Crippen LogP contribution is 2.11. The average molecular weight is 215 g/mol. The Balaban J connectivity index is 2.27. The molecule has 0 amide bonds. The third-order valence-corrected chi connectivity index (χ3v) is 2.52. The molecule has 4 nitrogen and oxygen atoms in total. The van der Waals surface area contributed by atoms with E-state index in [1.807, 2.05) is 0 Å². The highest BCUT2D eigenvalue weighted by atomic mass is 32.1. The van der Waals surface area contributed by atoms with Crippen LogP contribution >= 0.6 is 11.5 Å². The van der Waals surface area contributed by atoms with Gasteiger partial charge in [-0.2, -0.15) is 4.37 Å². The number of methoxy groups -OCH3 is 1. The number of anilines is 1. The monoisotopic (exact) mass is 215 g/mol. The molecule has 0 aliphatic heterocycles. The van der Waals surface area contributed by atoms with Crippen LogP contribution in [0.15, 0.2) is 0 Å². The van der Waals surface area contributed by atoms with Gasteiger partial charge in [0.25, 0.3) is 0 Å². The third-order valence-electron chi connectivity index (χ3n) is 1.80. The molecule has 80 valence electrons. The van der Waals surface area contributed by atoms with Crippen molar-refractivity contribution in [1.82, 2.24) is 9.36 Å². The molecule has 0 fully saturated rings. The predicted octanol–water partition coefficient (Wildman–Crippen LogP) is 1.94. The molecule has 0 bridgehead atoms. The van der Waals surface area contributed by atoms with Crippen LogP contribution in [0.1, 0.15) is 25.6 Å². The molecule has 1 rings (SSSR count). The number of unbranched alkanes of at least 4 members (excludes halogenated alkanes) is 1. The molecule has 1 aromatic heterocycles. The lowest BCUT2D eigenvalue weighted by Gasteiger charge is -1.98. The molecule has 0 aliphatic carbocycles. The van der Waals surface area contributed by atoms with Crippen molar-refractivity contribution in [3.63, 3.8) is 0 Å². The van der Waals surface area contributed by atoms with Crippen molar-refractivity contribution in [2.75, 3.05) is 25.6 Å². The highest BCUT2D eigenvalue weighted by molar-refractivity contribution is 7.09. The van der Waals surface area contributed by atoms with Gasteiger partial charge in [-0.25, -0.2) is 4.98 Å². The van der Waals surface area contributed by atoms with E-state index in [2.05, 4.69) is 21.6 Å². The van der Waals surface area contributed by atoms with Crippen LogP contribution in [-0.4, -0.2) is 29.6 Å². The van der Waals surface area contributed by atoms with Gasteiger partial charge in [0.15, 0.2) is 0 Å². The Hall–Kier alpha value is -0.680. The van der Waals surface area contributed by atoms with Gasteiger partial charge < -0.3 is 10.1 Å². The van der Waals surface area contributed by atoms with Crippen molar-refractivity contribution < 1.29 is 4.74 Å². The Morgan fingerprint density at radius 3 is 3.07 bits per heavy atom. The summed E-state index contributed by atoms with van der Waals surface area (Å²) in [5.41, 5.74) is 0. The fourth-order valence-corrected chi connectivity index (χ4v) is 1.63. The van der Waals surface area contributed by atoms with Crippen molar-refractivity contribution in [2.24, 2.45) is 0 Å². The van der Waals surface area contributed by atoms with Crippen LogP contribution < -0.4 is 5.32 Å². The summed E-state index contributed by atoms with van der Waals surface area (Å²) in [5, 5.41) is 4.17. The fraction of sp³-hybridized carbons (Fsp3) is 0.778. The standard InChI is InChI=1S/C9H17N3OS/c1-3-4-6-10-9-11-8(12-14-9)5-7-13-2/h3-7H2,1-2H3,(H,10,11,12). The predicted molar refractivity (Wildman–Crippen MR) is 58.9 cm³/mol. The van der Waals surface area contributed by atoms with E-state index in [1.54, 1.807) is 7.11 Å². The Kier molecular flexibility index (Phi) is 5.47. The first-order valence-electron chi connectivity index (χ1n) is 4.92. The number of hydrogen-bond donors (Lipinski definition) is 1. The van der Waals surface area contributed by atoms with E-state index in [9.17, 15) is 0 Å². The van der Waals surface area contributed by atoms with E-state index < -0.39 is 0 Å². The van der Waals surface area contributed by atoms with Gasteiger partial charge in [0.1, 0.15) is 5.82 Å². The molecule has 14 heavy (non-hydrogen) atoms. The zero-order chi connectivity index (χ0) is 10.2. The van der Waals surface area contributed by atoms with Crippen molar-refractivity contribution >= 4 is 16.7 Å². The van der Waals surface area contributed by atoms with Crippen molar-refractivity contribution in [2.45, 2.75) is 26.2 Å². The van der Waals surface area contributed by atoms with E-state index in [1.165, 1.54) is 24.4 Å². The minimum absolute atomic E-state index is 0.686. The molecular formula is C9H17N3OS. The highest BCUT2D eigenvalue weighted by Gasteiger charge is 2.02. The fourth-order valence-electron chi connectivity index (χ4n) is 0.993. The zero-order valence-electron chi connectivity index (χ0n) is 8.75. The van der Waals surface area contributed by atoms with Crippen molar-refractivity contribution in [3.05, 3.63) is 5.82 Å². The molecular weight excluding hydrogens is 198 g/mol. The van der Waals surface area contributed by atoms with Crippen LogP contribution in [-0.2, 0) is 11.2 Å². The Labute approximate surface area is 88.9 Å². The minimum Gasteiger partial charge on any atom is -0.384 e. The third kappa shape index (κ3) is 4.02. The lowest BCUT2D eigenvalue weighted by Crippen LogP contribution is -2.01. The molecule has 0 aromatic carbocycles. The molecule has 0 aliphatic rings. The van der Waals surface area contributed by atoms with Gasteiger partial charge in [0.05, 0.1) is 6.61 Å². The molecule has 0 saturated heterocycles. The van der Waals surface area contributed by atoms with Crippen LogP contribution in [0.4, 0.5) is 5.13 Å². The SMILES string of the molecule is CCCCNc1nc(CCOC)ns1. The summed E-state index contributed by atoms with van der Waals surface area (Å²) >= 11 is 1.42. The number of ether oxygens (including phenoxy) is 1. The van der Waals surface area contributed by atoms with Gasteiger partial charge >= 0.3 is 0 Å². The number of rotatable bonds is 7. The summed E-state index contributed by atoms with van der Waals surface area (Å²) in [6.07, 6.45) is 3.16.